The minimum absolute atomic E-state index is 0.157. The summed E-state index contributed by atoms with van der Waals surface area (Å²) in [7, 11) is 0. The molecule has 0 saturated heterocycles. The molecule has 0 fully saturated rings. The van der Waals surface area contributed by atoms with Gasteiger partial charge in [-0.1, -0.05) is 57.0 Å². The molecule has 0 aliphatic heterocycles. The average Bonchev–Trinajstić information content (AvgIpc) is 2.31. The van der Waals surface area contributed by atoms with Crippen molar-refractivity contribution in [3.8, 4) is 0 Å². The summed E-state index contributed by atoms with van der Waals surface area (Å²) in [4.78, 5) is 0. The van der Waals surface area contributed by atoms with Crippen LogP contribution in [0, 0.1) is 11.3 Å². The highest BCUT2D eigenvalue weighted by molar-refractivity contribution is 6.35. The lowest BCUT2D eigenvalue weighted by molar-refractivity contribution is 0.0895. The molecule has 114 valence electrons. The normalized spacial score (nSPS) is 16.8. The van der Waals surface area contributed by atoms with Crippen LogP contribution in [0.4, 0.5) is 0 Å². The van der Waals surface area contributed by atoms with Gasteiger partial charge in [-0.05, 0) is 35.4 Å². The molecule has 0 bridgehead atoms. The number of aliphatic hydroxyl groups is 1. The van der Waals surface area contributed by atoms with E-state index >= 15 is 0 Å². The molecule has 3 unspecified atom stereocenters. The van der Waals surface area contributed by atoms with E-state index in [0.717, 1.165) is 5.56 Å². The molecule has 2 nitrogen and oxygen atoms in total. The summed E-state index contributed by atoms with van der Waals surface area (Å²) in [6.45, 7) is 9.05. The number of benzene rings is 1. The number of hydrogen-bond donors (Lipinski definition) is 2. The van der Waals surface area contributed by atoms with Crippen LogP contribution in [0.25, 0.3) is 0 Å². The summed E-state index contributed by atoms with van der Waals surface area (Å²) in [6.07, 6.45) is 0.192. The van der Waals surface area contributed by atoms with Crippen LogP contribution in [0.1, 0.15) is 45.6 Å². The Hall–Kier alpha value is -0.280. The molecular formula is C16H25Cl2NO. The highest BCUT2D eigenvalue weighted by Gasteiger charge is 2.28. The Kier molecular flexibility index (Phi) is 6.33. The molecule has 0 heterocycles. The van der Waals surface area contributed by atoms with Gasteiger partial charge in [0.15, 0.2) is 0 Å². The number of halogens is 2. The molecule has 0 aliphatic carbocycles. The van der Waals surface area contributed by atoms with E-state index in [1.54, 1.807) is 12.1 Å². The van der Waals surface area contributed by atoms with Gasteiger partial charge in [0.25, 0.3) is 0 Å². The Morgan fingerprint density at radius 3 is 2.30 bits per heavy atom. The maximum absolute atomic E-state index is 10.5. The fourth-order valence-corrected chi connectivity index (χ4v) is 2.72. The molecular weight excluding hydrogens is 293 g/mol. The van der Waals surface area contributed by atoms with Gasteiger partial charge >= 0.3 is 0 Å². The third-order valence-corrected chi connectivity index (χ3v) is 4.72. The second-order valence-electron chi connectivity index (χ2n) is 6.58. The van der Waals surface area contributed by atoms with Crippen molar-refractivity contribution in [1.29, 1.82) is 0 Å². The topological polar surface area (TPSA) is 46.2 Å². The van der Waals surface area contributed by atoms with Gasteiger partial charge in [0.1, 0.15) is 0 Å². The van der Waals surface area contributed by atoms with Crippen molar-refractivity contribution in [2.24, 2.45) is 17.1 Å². The Labute approximate surface area is 132 Å². The molecule has 1 aromatic rings. The van der Waals surface area contributed by atoms with E-state index in [2.05, 4.69) is 27.7 Å². The highest BCUT2D eigenvalue weighted by Crippen LogP contribution is 2.35. The van der Waals surface area contributed by atoms with E-state index in [9.17, 15) is 5.11 Å². The SMILES string of the molecule is CC(CC(O)C(CN)c1ccc(Cl)cc1Cl)C(C)(C)C. The van der Waals surface area contributed by atoms with Crippen LogP contribution in [0.3, 0.4) is 0 Å². The Bertz CT molecular complexity index is 443. The van der Waals surface area contributed by atoms with E-state index < -0.39 is 6.10 Å². The smallest absolute Gasteiger partial charge is 0.0624 e. The molecule has 0 radical (unpaired) electrons. The fourth-order valence-electron chi connectivity index (χ4n) is 2.17. The maximum atomic E-state index is 10.5. The van der Waals surface area contributed by atoms with Gasteiger partial charge in [-0.15, -0.1) is 0 Å². The Morgan fingerprint density at radius 2 is 1.85 bits per heavy atom. The zero-order chi connectivity index (χ0) is 15.5. The van der Waals surface area contributed by atoms with E-state index in [4.69, 9.17) is 28.9 Å². The van der Waals surface area contributed by atoms with Crippen LogP contribution in [0.5, 0.6) is 0 Å². The minimum atomic E-state index is -0.507. The van der Waals surface area contributed by atoms with E-state index in [-0.39, 0.29) is 11.3 Å². The first-order valence-corrected chi connectivity index (χ1v) is 7.75. The number of nitrogens with two attached hydrogens (primary N) is 1. The van der Waals surface area contributed by atoms with Crippen LogP contribution >= 0.6 is 23.2 Å². The first kappa shape index (κ1) is 17.8. The summed E-state index contributed by atoms with van der Waals surface area (Å²) in [5.41, 5.74) is 6.87. The minimum Gasteiger partial charge on any atom is -0.392 e. The molecule has 0 amide bonds. The van der Waals surface area contributed by atoms with Gasteiger partial charge in [-0.3, -0.25) is 0 Å². The molecule has 3 atom stereocenters. The predicted octanol–water partition coefficient (Wildman–Crippen LogP) is 4.47. The van der Waals surface area contributed by atoms with Crippen LogP contribution in [0.2, 0.25) is 10.0 Å². The third kappa shape index (κ3) is 4.63. The summed E-state index contributed by atoms with van der Waals surface area (Å²) < 4.78 is 0. The summed E-state index contributed by atoms with van der Waals surface area (Å²) in [5.74, 6) is 0.224. The fraction of sp³-hybridized carbons (Fsp3) is 0.625. The van der Waals surface area contributed by atoms with Gasteiger partial charge < -0.3 is 10.8 Å². The van der Waals surface area contributed by atoms with Crippen molar-refractivity contribution < 1.29 is 5.11 Å². The van der Waals surface area contributed by atoms with Crippen molar-refractivity contribution >= 4 is 23.2 Å². The van der Waals surface area contributed by atoms with Crippen molar-refractivity contribution in [1.82, 2.24) is 0 Å². The van der Waals surface area contributed by atoms with Crippen LogP contribution in [-0.4, -0.2) is 17.8 Å². The largest absolute Gasteiger partial charge is 0.392 e. The molecule has 3 N–H and O–H groups in total. The van der Waals surface area contributed by atoms with Gasteiger partial charge in [0, 0.05) is 22.5 Å². The van der Waals surface area contributed by atoms with Crippen molar-refractivity contribution in [2.45, 2.75) is 46.1 Å². The molecule has 1 aromatic carbocycles. The molecule has 1 rings (SSSR count). The quantitative estimate of drug-likeness (QED) is 0.841. The lowest BCUT2D eigenvalue weighted by Crippen LogP contribution is -2.31. The summed E-state index contributed by atoms with van der Waals surface area (Å²) in [6, 6.07) is 5.33. The number of hydrogen-bond acceptors (Lipinski definition) is 2. The molecule has 20 heavy (non-hydrogen) atoms. The summed E-state index contributed by atoms with van der Waals surface area (Å²) >= 11 is 12.1. The Balaban J connectivity index is 2.90. The zero-order valence-electron chi connectivity index (χ0n) is 12.7. The second kappa shape index (κ2) is 7.13. The number of rotatable bonds is 5. The van der Waals surface area contributed by atoms with E-state index in [1.165, 1.54) is 0 Å². The zero-order valence-corrected chi connectivity index (χ0v) is 14.2. The monoisotopic (exact) mass is 317 g/mol. The number of aliphatic hydroxyl groups excluding tert-OH is 1. The highest BCUT2D eigenvalue weighted by atomic mass is 35.5. The molecule has 0 spiro atoms. The van der Waals surface area contributed by atoms with Gasteiger partial charge in [0.2, 0.25) is 0 Å². The Morgan fingerprint density at radius 1 is 1.25 bits per heavy atom. The first-order valence-electron chi connectivity index (χ1n) is 7.00. The van der Waals surface area contributed by atoms with Crippen LogP contribution < -0.4 is 5.73 Å². The molecule has 0 aromatic heterocycles. The van der Waals surface area contributed by atoms with Gasteiger partial charge in [0.05, 0.1) is 6.10 Å². The van der Waals surface area contributed by atoms with Crippen molar-refractivity contribution in [3.05, 3.63) is 33.8 Å². The standard InChI is InChI=1S/C16H25Cl2NO/c1-10(16(2,3)4)7-15(20)13(9-19)12-6-5-11(17)8-14(12)18/h5-6,8,10,13,15,20H,7,9,19H2,1-4H3. The van der Waals surface area contributed by atoms with Crippen LogP contribution in [-0.2, 0) is 0 Å². The average molecular weight is 318 g/mol. The molecule has 0 aliphatic rings. The van der Waals surface area contributed by atoms with Crippen molar-refractivity contribution in [3.63, 3.8) is 0 Å². The summed E-state index contributed by atoms with van der Waals surface area (Å²) in [5, 5.41) is 11.7. The van der Waals surface area contributed by atoms with E-state index in [1.807, 2.05) is 6.07 Å². The van der Waals surface area contributed by atoms with E-state index in [0.29, 0.717) is 28.9 Å². The van der Waals surface area contributed by atoms with Gasteiger partial charge in [-0.2, -0.15) is 0 Å². The third-order valence-electron chi connectivity index (χ3n) is 4.15. The molecule has 0 saturated carbocycles. The first-order chi connectivity index (χ1) is 9.16. The lowest BCUT2D eigenvalue weighted by Gasteiger charge is -2.32. The van der Waals surface area contributed by atoms with Gasteiger partial charge in [-0.25, -0.2) is 0 Å². The van der Waals surface area contributed by atoms with Crippen molar-refractivity contribution in [2.75, 3.05) is 6.54 Å². The maximum Gasteiger partial charge on any atom is 0.0624 e. The molecule has 4 heteroatoms. The van der Waals surface area contributed by atoms with Crippen LogP contribution in [0.15, 0.2) is 18.2 Å². The predicted molar refractivity (Wildman–Crippen MR) is 87.5 cm³/mol. The second-order valence-corrected chi connectivity index (χ2v) is 7.42. The lowest BCUT2D eigenvalue weighted by atomic mass is 9.76.